The number of hydrogen-bond donors (Lipinski definition) is 4. The van der Waals surface area contributed by atoms with Crippen LogP contribution < -0.4 is 0 Å². The second-order valence-corrected chi connectivity index (χ2v) is 10.9. The molecule has 0 amide bonds. The van der Waals surface area contributed by atoms with Crippen molar-refractivity contribution in [2.45, 2.75) is 67.2 Å². The Hall–Kier alpha value is -3.92. The molecule has 4 nitrogen and oxygen atoms in total. The molecule has 4 aromatic rings. The zero-order valence-corrected chi connectivity index (χ0v) is 23.6. The van der Waals surface area contributed by atoms with Gasteiger partial charge in [0.2, 0.25) is 0 Å². The number of phenols is 4. The molecule has 0 fully saturated rings. The first-order chi connectivity index (χ1) is 17.8. The zero-order valence-electron chi connectivity index (χ0n) is 23.6. The molecule has 4 N–H and O–H groups in total. The fourth-order valence-electron chi connectivity index (χ4n) is 5.69. The summed E-state index contributed by atoms with van der Waals surface area (Å²) >= 11 is 0. The van der Waals surface area contributed by atoms with Gasteiger partial charge in [-0.1, -0.05) is 24.3 Å². The van der Waals surface area contributed by atoms with Crippen LogP contribution in [0.4, 0.5) is 0 Å². The molecule has 0 heterocycles. The van der Waals surface area contributed by atoms with Crippen molar-refractivity contribution >= 4 is 0 Å². The lowest BCUT2D eigenvalue weighted by Crippen LogP contribution is -2.19. The Labute approximate surface area is 225 Å². The fraction of sp³-hybridized carbons (Fsp3) is 0.294. The average Bonchev–Trinajstić information content (AvgIpc) is 2.83. The molecular weight excluding hydrogens is 472 g/mol. The van der Waals surface area contributed by atoms with Crippen LogP contribution in [0.2, 0.25) is 0 Å². The molecule has 0 saturated carbocycles. The van der Waals surface area contributed by atoms with Crippen LogP contribution in [0.25, 0.3) is 0 Å². The summed E-state index contributed by atoms with van der Waals surface area (Å²) in [6, 6.07) is 15.5. The van der Waals surface area contributed by atoms with Gasteiger partial charge in [0.15, 0.2) is 0 Å². The van der Waals surface area contributed by atoms with Crippen molar-refractivity contribution in [1.82, 2.24) is 0 Å². The predicted molar refractivity (Wildman–Crippen MR) is 154 cm³/mol. The topological polar surface area (TPSA) is 80.9 Å². The van der Waals surface area contributed by atoms with Crippen molar-refractivity contribution in [2.24, 2.45) is 0 Å². The van der Waals surface area contributed by atoms with Crippen LogP contribution in [0.1, 0.15) is 78.6 Å². The highest BCUT2D eigenvalue weighted by atomic mass is 16.3. The molecule has 0 aromatic heterocycles. The first-order valence-corrected chi connectivity index (χ1v) is 13.0. The molecular formula is C34H38O4. The van der Waals surface area contributed by atoms with E-state index in [4.69, 9.17) is 0 Å². The molecule has 0 aliphatic rings. The van der Waals surface area contributed by atoms with E-state index in [9.17, 15) is 20.4 Å². The number of aryl methyl sites for hydroxylation is 8. The van der Waals surface area contributed by atoms with E-state index in [0.29, 0.717) is 0 Å². The van der Waals surface area contributed by atoms with Gasteiger partial charge in [0, 0.05) is 11.8 Å². The van der Waals surface area contributed by atoms with Gasteiger partial charge in [-0.3, -0.25) is 0 Å². The monoisotopic (exact) mass is 510 g/mol. The van der Waals surface area contributed by atoms with E-state index in [0.717, 1.165) is 66.8 Å². The average molecular weight is 511 g/mol. The van der Waals surface area contributed by atoms with Crippen LogP contribution >= 0.6 is 0 Å². The minimum atomic E-state index is -0.182. The Balaban J connectivity index is 2.19. The van der Waals surface area contributed by atoms with Crippen molar-refractivity contribution in [3.05, 3.63) is 115 Å². The summed E-state index contributed by atoms with van der Waals surface area (Å²) in [4.78, 5) is 0. The van der Waals surface area contributed by atoms with E-state index in [1.54, 1.807) is 0 Å². The van der Waals surface area contributed by atoms with Gasteiger partial charge < -0.3 is 20.4 Å². The first-order valence-electron chi connectivity index (χ1n) is 13.0. The van der Waals surface area contributed by atoms with Gasteiger partial charge in [-0.05, 0) is 146 Å². The molecule has 0 aliphatic carbocycles. The number of phenolic OH excluding ortho intramolecular Hbond substituents is 4. The number of aromatic hydroxyl groups is 4. The SMILES string of the molecule is Cc1cc(C(c2cc(C)c(O)cc2C)C(c2cc(C)c(O)cc2C)c2cc(C)c(O)cc2C)c(C)cc1O. The molecule has 4 aromatic carbocycles. The lowest BCUT2D eigenvalue weighted by molar-refractivity contribution is 0.467. The number of benzene rings is 4. The summed E-state index contributed by atoms with van der Waals surface area (Å²) in [6.45, 7) is 15.7. The van der Waals surface area contributed by atoms with Crippen LogP contribution in [0.5, 0.6) is 23.0 Å². The molecule has 0 radical (unpaired) electrons. The molecule has 38 heavy (non-hydrogen) atoms. The number of rotatable bonds is 5. The molecule has 0 spiro atoms. The van der Waals surface area contributed by atoms with E-state index in [2.05, 4.69) is 24.3 Å². The van der Waals surface area contributed by atoms with Gasteiger partial charge in [-0.2, -0.15) is 0 Å². The summed E-state index contributed by atoms with van der Waals surface area (Å²) in [5.74, 6) is 0.668. The van der Waals surface area contributed by atoms with Gasteiger partial charge >= 0.3 is 0 Å². The highest BCUT2D eigenvalue weighted by molar-refractivity contribution is 5.58. The van der Waals surface area contributed by atoms with Gasteiger partial charge in [0.1, 0.15) is 23.0 Å². The Morgan fingerprint density at radius 2 is 0.500 bits per heavy atom. The minimum Gasteiger partial charge on any atom is -0.508 e. The third kappa shape index (κ3) is 4.83. The van der Waals surface area contributed by atoms with Gasteiger partial charge in [0.25, 0.3) is 0 Å². The summed E-state index contributed by atoms with van der Waals surface area (Å²) in [6.07, 6.45) is 0. The van der Waals surface area contributed by atoms with Crippen molar-refractivity contribution in [3.8, 4) is 23.0 Å². The van der Waals surface area contributed by atoms with E-state index >= 15 is 0 Å². The normalized spacial score (nSPS) is 11.5. The fourth-order valence-corrected chi connectivity index (χ4v) is 5.69. The summed E-state index contributed by atoms with van der Waals surface area (Å²) in [5, 5.41) is 42.1. The van der Waals surface area contributed by atoms with E-state index in [1.807, 2.05) is 79.7 Å². The van der Waals surface area contributed by atoms with Gasteiger partial charge in [-0.25, -0.2) is 0 Å². The zero-order chi connectivity index (χ0) is 28.0. The van der Waals surface area contributed by atoms with E-state index in [1.165, 1.54) is 0 Å². The third-order valence-corrected chi connectivity index (χ3v) is 8.01. The quantitative estimate of drug-likeness (QED) is 0.220. The number of hydrogen-bond acceptors (Lipinski definition) is 4. The van der Waals surface area contributed by atoms with Gasteiger partial charge in [0.05, 0.1) is 0 Å². The van der Waals surface area contributed by atoms with E-state index in [-0.39, 0.29) is 34.8 Å². The molecule has 0 atom stereocenters. The van der Waals surface area contributed by atoms with Crippen LogP contribution in [-0.4, -0.2) is 20.4 Å². The minimum absolute atomic E-state index is 0.182. The molecule has 0 aliphatic heterocycles. The lowest BCUT2D eigenvalue weighted by atomic mass is 9.69. The molecule has 4 rings (SSSR count). The maximum absolute atomic E-state index is 10.5. The second kappa shape index (κ2) is 10.1. The summed E-state index contributed by atoms with van der Waals surface area (Å²) < 4.78 is 0. The second-order valence-electron chi connectivity index (χ2n) is 10.9. The van der Waals surface area contributed by atoms with Crippen molar-refractivity contribution < 1.29 is 20.4 Å². The van der Waals surface area contributed by atoms with Crippen molar-refractivity contribution in [1.29, 1.82) is 0 Å². The molecule has 198 valence electrons. The maximum atomic E-state index is 10.5. The van der Waals surface area contributed by atoms with Crippen LogP contribution in [0.15, 0.2) is 48.5 Å². The highest BCUT2D eigenvalue weighted by Crippen LogP contribution is 2.49. The maximum Gasteiger partial charge on any atom is 0.118 e. The van der Waals surface area contributed by atoms with Crippen LogP contribution in [-0.2, 0) is 0 Å². The standard InChI is InChI=1S/C34H38O4/c1-17-13-29(35)21(5)9-25(17)33(26-10-22(6)30(36)14-18(26)2)34(27-11-23(7)31(37)15-19(27)3)28-12-24(8)32(38)16-20(28)4/h9-16,33-38H,1-8H3. The molecule has 4 heteroatoms. The predicted octanol–water partition coefficient (Wildman–Crippen LogP) is 7.94. The largest absolute Gasteiger partial charge is 0.508 e. The Kier molecular flexibility index (Phi) is 7.20. The third-order valence-electron chi connectivity index (χ3n) is 8.01. The molecule has 0 saturated heterocycles. The van der Waals surface area contributed by atoms with Crippen LogP contribution in [0.3, 0.4) is 0 Å². The lowest BCUT2D eigenvalue weighted by Gasteiger charge is -2.34. The Morgan fingerprint density at radius 3 is 0.684 bits per heavy atom. The van der Waals surface area contributed by atoms with Crippen LogP contribution in [0, 0.1) is 55.4 Å². The first kappa shape index (κ1) is 27.1. The molecule has 0 unspecified atom stereocenters. The summed E-state index contributed by atoms with van der Waals surface area (Å²) in [7, 11) is 0. The highest BCUT2D eigenvalue weighted by Gasteiger charge is 2.33. The Morgan fingerprint density at radius 1 is 0.316 bits per heavy atom. The summed E-state index contributed by atoms with van der Waals surface area (Å²) in [5.41, 5.74) is 11.3. The molecule has 0 bridgehead atoms. The van der Waals surface area contributed by atoms with E-state index < -0.39 is 0 Å². The van der Waals surface area contributed by atoms with Gasteiger partial charge in [-0.15, -0.1) is 0 Å². The van der Waals surface area contributed by atoms with Crippen molar-refractivity contribution in [3.63, 3.8) is 0 Å². The smallest absolute Gasteiger partial charge is 0.118 e. The van der Waals surface area contributed by atoms with Crippen molar-refractivity contribution in [2.75, 3.05) is 0 Å². The Bertz CT molecular complexity index is 1320.